The highest BCUT2D eigenvalue weighted by atomic mass is 16.7. The van der Waals surface area contributed by atoms with Crippen LogP contribution in [0.1, 0.15) is 38.1 Å². The summed E-state index contributed by atoms with van der Waals surface area (Å²) in [4.78, 5) is 58.7. The lowest BCUT2D eigenvalue weighted by Crippen LogP contribution is -2.63. The summed E-state index contributed by atoms with van der Waals surface area (Å²) in [6, 6.07) is 12.8. The molecule has 0 spiro atoms. The van der Waals surface area contributed by atoms with Crippen molar-refractivity contribution in [2.75, 3.05) is 6.61 Å². The Hall–Kier alpha value is -4.45. The van der Waals surface area contributed by atoms with Crippen LogP contribution in [0.4, 0.5) is 0 Å². The number of carbonyl (C=O) groups excluding carboxylic acids is 4. The zero-order valence-corrected chi connectivity index (χ0v) is 21.7. The van der Waals surface area contributed by atoms with Gasteiger partial charge in [0, 0.05) is 33.3 Å². The molecule has 0 aliphatic carbocycles. The number of aromatic carboxylic acids is 1. The van der Waals surface area contributed by atoms with E-state index in [2.05, 4.69) is 0 Å². The van der Waals surface area contributed by atoms with Gasteiger partial charge in [0.1, 0.15) is 18.5 Å². The standard InChI is InChI=1S/C27H28O12/c1-14(28)34-13-22-23(35-15(2)29)24(36-16(3)30)25(37-17(4)31)27(39-22)38-21-8-6-5-7-20(21)18-9-11-19(12-10-18)26(32)33/h5-12,22-25,27H,13H2,1-4H3,(H,32,33)/t22-,23-,24+,25+,27-/m1/s1. The van der Waals surface area contributed by atoms with E-state index in [4.69, 9.17) is 28.4 Å². The summed E-state index contributed by atoms with van der Waals surface area (Å²) in [5.41, 5.74) is 1.25. The number of hydrogen-bond acceptors (Lipinski definition) is 11. The van der Waals surface area contributed by atoms with E-state index in [1.54, 1.807) is 36.4 Å². The van der Waals surface area contributed by atoms with Crippen LogP contribution in [0.3, 0.4) is 0 Å². The van der Waals surface area contributed by atoms with Crippen LogP contribution in [-0.4, -0.2) is 72.3 Å². The van der Waals surface area contributed by atoms with Gasteiger partial charge in [-0.2, -0.15) is 0 Å². The second kappa shape index (κ2) is 12.9. The SMILES string of the molecule is CC(=O)OC[C@H]1O[C@@H](Oc2ccccc2-c2ccc(C(=O)O)cc2)[C@@H](OC(C)=O)[C@@H](OC(C)=O)[C@@H]1OC(C)=O. The van der Waals surface area contributed by atoms with Crippen LogP contribution in [0, 0.1) is 0 Å². The molecule has 0 radical (unpaired) electrons. The Morgan fingerprint density at radius 2 is 1.31 bits per heavy atom. The van der Waals surface area contributed by atoms with Gasteiger partial charge >= 0.3 is 29.8 Å². The van der Waals surface area contributed by atoms with Crippen molar-refractivity contribution in [3.63, 3.8) is 0 Å². The maximum Gasteiger partial charge on any atom is 0.335 e. The molecule has 1 aliphatic heterocycles. The summed E-state index contributed by atoms with van der Waals surface area (Å²) >= 11 is 0. The first kappa shape index (κ1) is 29.1. The molecule has 1 N–H and O–H groups in total. The van der Waals surface area contributed by atoms with Gasteiger partial charge in [0.25, 0.3) is 0 Å². The number of rotatable bonds is 9. The molecule has 1 saturated heterocycles. The summed E-state index contributed by atoms with van der Waals surface area (Å²) in [7, 11) is 0. The number of para-hydroxylation sites is 1. The lowest BCUT2D eigenvalue weighted by molar-refractivity contribution is -0.288. The van der Waals surface area contributed by atoms with E-state index < -0.39 is 67.2 Å². The number of benzene rings is 2. The fourth-order valence-corrected chi connectivity index (χ4v) is 4.01. The summed E-state index contributed by atoms with van der Waals surface area (Å²) in [6.45, 7) is 4.16. The first-order valence-electron chi connectivity index (χ1n) is 11.9. The van der Waals surface area contributed by atoms with Gasteiger partial charge in [-0.3, -0.25) is 19.2 Å². The maximum absolute atomic E-state index is 12.0. The molecule has 12 nitrogen and oxygen atoms in total. The van der Waals surface area contributed by atoms with Crippen molar-refractivity contribution in [2.45, 2.75) is 58.4 Å². The smallest absolute Gasteiger partial charge is 0.335 e. The number of carbonyl (C=O) groups is 5. The zero-order valence-electron chi connectivity index (χ0n) is 21.7. The van der Waals surface area contributed by atoms with Crippen molar-refractivity contribution in [2.24, 2.45) is 0 Å². The molecule has 2 aromatic rings. The van der Waals surface area contributed by atoms with Gasteiger partial charge in [0.05, 0.1) is 5.56 Å². The van der Waals surface area contributed by atoms with Crippen LogP contribution < -0.4 is 4.74 Å². The Morgan fingerprint density at radius 3 is 1.87 bits per heavy atom. The number of carboxylic acid groups (broad SMARTS) is 1. The van der Waals surface area contributed by atoms with Gasteiger partial charge in [-0.1, -0.05) is 30.3 Å². The van der Waals surface area contributed by atoms with Gasteiger partial charge < -0.3 is 33.5 Å². The second-order valence-electron chi connectivity index (χ2n) is 8.56. The topological polar surface area (TPSA) is 161 Å². The molecule has 208 valence electrons. The predicted molar refractivity (Wildman–Crippen MR) is 131 cm³/mol. The molecule has 0 bridgehead atoms. The first-order chi connectivity index (χ1) is 18.5. The van der Waals surface area contributed by atoms with E-state index in [1.165, 1.54) is 19.1 Å². The van der Waals surface area contributed by atoms with Gasteiger partial charge in [0.15, 0.2) is 12.2 Å². The van der Waals surface area contributed by atoms with Crippen LogP contribution in [0.5, 0.6) is 5.75 Å². The highest BCUT2D eigenvalue weighted by Crippen LogP contribution is 2.35. The minimum atomic E-state index is -1.41. The second-order valence-corrected chi connectivity index (χ2v) is 8.56. The van der Waals surface area contributed by atoms with E-state index in [1.807, 2.05) is 0 Å². The molecular formula is C27H28O12. The van der Waals surface area contributed by atoms with Crippen LogP contribution in [0.2, 0.25) is 0 Å². The Balaban J connectivity index is 2.04. The minimum Gasteiger partial charge on any atom is -0.478 e. The zero-order chi connectivity index (χ0) is 28.7. The summed E-state index contributed by atoms with van der Waals surface area (Å²) < 4.78 is 33.4. The average Bonchev–Trinajstić information content (AvgIpc) is 2.86. The third-order valence-electron chi connectivity index (χ3n) is 5.52. The van der Waals surface area contributed by atoms with Crippen LogP contribution >= 0.6 is 0 Å². The Morgan fingerprint density at radius 1 is 0.744 bits per heavy atom. The number of esters is 4. The van der Waals surface area contributed by atoms with Crippen molar-refractivity contribution in [1.29, 1.82) is 0 Å². The van der Waals surface area contributed by atoms with E-state index in [9.17, 15) is 29.1 Å². The van der Waals surface area contributed by atoms with Crippen molar-refractivity contribution < 1.29 is 57.5 Å². The predicted octanol–water partition coefficient (Wildman–Crippen LogP) is 2.51. The minimum absolute atomic E-state index is 0.0942. The molecule has 39 heavy (non-hydrogen) atoms. The van der Waals surface area contributed by atoms with Crippen LogP contribution in [-0.2, 0) is 42.9 Å². The third-order valence-corrected chi connectivity index (χ3v) is 5.52. The molecule has 1 heterocycles. The largest absolute Gasteiger partial charge is 0.478 e. The van der Waals surface area contributed by atoms with Crippen LogP contribution in [0.25, 0.3) is 11.1 Å². The molecule has 0 amide bonds. The highest BCUT2D eigenvalue weighted by molar-refractivity contribution is 5.88. The normalized spacial score (nSPS) is 22.2. The molecule has 1 fully saturated rings. The van der Waals surface area contributed by atoms with E-state index in [0.717, 1.165) is 20.8 Å². The van der Waals surface area contributed by atoms with Gasteiger partial charge in [-0.15, -0.1) is 0 Å². The third kappa shape index (κ3) is 7.77. The molecule has 5 atom stereocenters. The lowest BCUT2D eigenvalue weighted by atomic mass is 9.97. The Kier molecular flexibility index (Phi) is 9.61. The van der Waals surface area contributed by atoms with Crippen molar-refractivity contribution in [3.05, 3.63) is 54.1 Å². The maximum atomic E-state index is 12.0. The molecule has 3 rings (SSSR count). The molecule has 2 aromatic carbocycles. The van der Waals surface area contributed by atoms with E-state index in [0.29, 0.717) is 11.1 Å². The number of ether oxygens (including phenoxy) is 6. The number of hydrogen-bond donors (Lipinski definition) is 1. The van der Waals surface area contributed by atoms with Crippen molar-refractivity contribution >= 4 is 29.8 Å². The fraction of sp³-hybridized carbons (Fsp3) is 0.370. The van der Waals surface area contributed by atoms with Gasteiger partial charge in [-0.25, -0.2) is 4.79 Å². The van der Waals surface area contributed by atoms with Crippen molar-refractivity contribution in [1.82, 2.24) is 0 Å². The van der Waals surface area contributed by atoms with E-state index in [-0.39, 0.29) is 11.3 Å². The van der Waals surface area contributed by atoms with Crippen molar-refractivity contribution in [3.8, 4) is 16.9 Å². The Labute approximate surface area is 223 Å². The van der Waals surface area contributed by atoms with Gasteiger partial charge in [-0.05, 0) is 23.8 Å². The number of carboxylic acids is 1. The molecule has 12 heteroatoms. The fourth-order valence-electron chi connectivity index (χ4n) is 4.01. The first-order valence-corrected chi connectivity index (χ1v) is 11.9. The lowest BCUT2D eigenvalue weighted by Gasteiger charge is -2.44. The summed E-state index contributed by atoms with van der Waals surface area (Å²) in [6.07, 6.45) is -6.66. The summed E-state index contributed by atoms with van der Waals surface area (Å²) in [5.74, 6) is -3.74. The molecule has 1 aliphatic rings. The molecular weight excluding hydrogens is 516 g/mol. The quantitative estimate of drug-likeness (QED) is 0.363. The monoisotopic (exact) mass is 544 g/mol. The molecule has 0 unspecified atom stereocenters. The average molecular weight is 545 g/mol. The van der Waals surface area contributed by atoms with Crippen LogP contribution in [0.15, 0.2) is 48.5 Å². The summed E-state index contributed by atoms with van der Waals surface area (Å²) in [5, 5.41) is 9.20. The Bertz CT molecular complexity index is 1220. The molecule has 0 saturated carbocycles. The van der Waals surface area contributed by atoms with Gasteiger partial charge in [0.2, 0.25) is 12.4 Å². The molecule has 0 aromatic heterocycles. The highest BCUT2D eigenvalue weighted by Gasteiger charge is 2.53. The van der Waals surface area contributed by atoms with E-state index >= 15 is 0 Å².